The molecule has 1 aliphatic rings. The summed E-state index contributed by atoms with van der Waals surface area (Å²) in [7, 11) is 0. The van der Waals surface area contributed by atoms with E-state index < -0.39 is 0 Å². The molecule has 0 unspecified atom stereocenters. The Morgan fingerprint density at radius 2 is 2.24 bits per heavy atom. The molecule has 1 saturated heterocycles. The van der Waals surface area contributed by atoms with Crippen molar-refractivity contribution in [1.82, 2.24) is 9.88 Å². The maximum atomic E-state index is 12.2. The second kappa shape index (κ2) is 5.91. The Balaban J connectivity index is 2.09. The number of aromatic nitrogens is 1. The van der Waals surface area contributed by atoms with Gasteiger partial charge in [0.15, 0.2) is 0 Å². The van der Waals surface area contributed by atoms with Crippen LogP contribution in [0.15, 0.2) is 18.2 Å². The van der Waals surface area contributed by atoms with E-state index in [1.165, 1.54) is 0 Å². The Bertz CT molecular complexity index is 391. The fourth-order valence-electron chi connectivity index (χ4n) is 1.76. The lowest BCUT2D eigenvalue weighted by Crippen LogP contribution is -2.38. The second-order valence-electron chi connectivity index (χ2n) is 3.84. The zero-order valence-corrected chi connectivity index (χ0v) is 10.8. The lowest BCUT2D eigenvalue weighted by molar-refractivity contribution is 0.0766. The summed E-state index contributed by atoms with van der Waals surface area (Å²) in [6.45, 7) is 4.48. The van der Waals surface area contributed by atoms with Crippen LogP contribution in [0.5, 0.6) is 0 Å². The van der Waals surface area contributed by atoms with Crippen molar-refractivity contribution in [3.8, 4) is 0 Å². The summed E-state index contributed by atoms with van der Waals surface area (Å²) in [5, 5.41) is 3.12. The Hall–Kier alpha value is -1.23. The van der Waals surface area contributed by atoms with Gasteiger partial charge < -0.3 is 10.2 Å². The van der Waals surface area contributed by atoms with Crippen LogP contribution < -0.4 is 5.32 Å². The quantitative estimate of drug-likeness (QED) is 0.888. The van der Waals surface area contributed by atoms with E-state index in [-0.39, 0.29) is 5.91 Å². The standard InChI is InChI=1S/C12H17N3OS/c1-2-13-11-5-3-4-10(14-11)12(16)15-6-8-17-9-7-15/h3-5H,2,6-9H2,1H3,(H,13,14). The van der Waals surface area contributed by atoms with Crippen molar-refractivity contribution < 1.29 is 4.79 Å². The summed E-state index contributed by atoms with van der Waals surface area (Å²) in [6, 6.07) is 5.54. The number of carbonyl (C=O) groups excluding carboxylic acids is 1. The van der Waals surface area contributed by atoms with Gasteiger partial charge in [-0.3, -0.25) is 4.79 Å². The molecule has 0 saturated carbocycles. The van der Waals surface area contributed by atoms with Crippen molar-refractivity contribution in [3.05, 3.63) is 23.9 Å². The molecule has 1 aromatic heterocycles. The number of carbonyl (C=O) groups is 1. The lowest BCUT2D eigenvalue weighted by atomic mass is 10.3. The fourth-order valence-corrected chi connectivity index (χ4v) is 2.66. The molecule has 1 amide bonds. The van der Waals surface area contributed by atoms with Crippen molar-refractivity contribution in [2.75, 3.05) is 36.5 Å². The predicted octanol–water partition coefficient (Wildman–Crippen LogP) is 1.70. The molecule has 0 radical (unpaired) electrons. The minimum absolute atomic E-state index is 0.0463. The number of nitrogens with one attached hydrogen (secondary N) is 1. The number of hydrogen-bond acceptors (Lipinski definition) is 4. The van der Waals surface area contributed by atoms with E-state index in [0.29, 0.717) is 5.69 Å². The molecule has 0 atom stereocenters. The van der Waals surface area contributed by atoms with Gasteiger partial charge in [0.25, 0.3) is 5.91 Å². The van der Waals surface area contributed by atoms with E-state index in [1.54, 1.807) is 6.07 Å². The predicted molar refractivity (Wildman–Crippen MR) is 71.6 cm³/mol. The Morgan fingerprint density at radius 1 is 1.47 bits per heavy atom. The fraction of sp³-hybridized carbons (Fsp3) is 0.500. The SMILES string of the molecule is CCNc1cccc(C(=O)N2CCSCC2)n1. The van der Waals surface area contributed by atoms with E-state index in [9.17, 15) is 4.79 Å². The second-order valence-corrected chi connectivity index (χ2v) is 5.07. The average Bonchev–Trinajstić information content (AvgIpc) is 2.40. The molecule has 1 fully saturated rings. The van der Waals surface area contributed by atoms with Gasteiger partial charge in [0.05, 0.1) is 0 Å². The first-order chi connectivity index (χ1) is 8.31. The van der Waals surface area contributed by atoms with Gasteiger partial charge in [0, 0.05) is 31.1 Å². The molecule has 0 aliphatic carbocycles. The van der Waals surface area contributed by atoms with Crippen molar-refractivity contribution >= 4 is 23.5 Å². The Morgan fingerprint density at radius 3 is 2.94 bits per heavy atom. The van der Waals surface area contributed by atoms with Crippen molar-refractivity contribution in [1.29, 1.82) is 0 Å². The molecular weight excluding hydrogens is 234 g/mol. The number of amides is 1. The van der Waals surface area contributed by atoms with Crippen molar-refractivity contribution in [2.24, 2.45) is 0 Å². The molecular formula is C12H17N3OS. The van der Waals surface area contributed by atoms with Gasteiger partial charge in [0.2, 0.25) is 0 Å². The van der Waals surface area contributed by atoms with Gasteiger partial charge in [-0.25, -0.2) is 4.98 Å². The largest absolute Gasteiger partial charge is 0.370 e. The number of nitrogens with zero attached hydrogens (tertiary/aromatic N) is 2. The molecule has 0 spiro atoms. The molecule has 2 heterocycles. The maximum Gasteiger partial charge on any atom is 0.272 e. The maximum absolute atomic E-state index is 12.2. The molecule has 1 aromatic rings. The highest BCUT2D eigenvalue weighted by Crippen LogP contribution is 2.13. The Labute approximate surface area is 106 Å². The van der Waals surface area contributed by atoms with Crippen LogP contribution in [0.1, 0.15) is 17.4 Å². The van der Waals surface area contributed by atoms with Crippen molar-refractivity contribution in [3.63, 3.8) is 0 Å². The molecule has 0 bridgehead atoms. The summed E-state index contributed by atoms with van der Waals surface area (Å²) in [6.07, 6.45) is 0. The first-order valence-corrected chi connectivity index (χ1v) is 7.04. The van der Waals surface area contributed by atoms with Crippen molar-refractivity contribution in [2.45, 2.75) is 6.92 Å². The minimum atomic E-state index is 0.0463. The zero-order valence-electron chi connectivity index (χ0n) is 9.98. The van der Waals surface area contributed by atoms with Crippen LogP contribution in [0, 0.1) is 0 Å². The summed E-state index contributed by atoms with van der Waals surface area (Å²) < 4.78 is 0. The normalized spacial score (nSPS) is 15.7. The van der Waals surface area contributed by atoms with Crippen LogP contribution in [-0.2, 0) is 0 Å². The molecule has 17 heavy (non-hydrogen) atoms. The highest BCUT2D eigenvalue weighted by Gasteiger charge is 2.19. The topological polar surface area (TPSA) is 45.2 Å². The summed E-state index contributed by atoms with van der Waals surface area (Å²) in [5.41, 5.74) is 0.537. The number of anilines is 1. The molecule has 92 valence electrons. The number of pyridine rings is 1. The number of rotatable bonds is 3. The highest BCUT2D eigenvalue weighted by atomic mass is 32.2. The zero-order chi connectivity index (χ0) is 12.1. The molecule has 4 nitrogen and oxygen atoms in total. The molecule has 0 aromatic carbocycles. The monoisotopic (exact) mass is 251 g/mol. The number of thioether (sulfide) groups is 1. The molecule has 1 N–H and O–H groups in total. The third-order valence-electron chi connectivity index (χ3n) is 2.62. The number of hydrogen-bond donors (Lipinski definition) is 1. The smallest absolute Gasteiger partial charge is 0.272 e. The first kappa shape index (κ1) is 12.2. The lowest BCUT2D eigenvalue weighted by Gasteiger charge is -2.26. The van der Waals surface area contributed by atoms with E-state index in [2.05, 4.69) is 10.3 Å². The van der Waals surface area contributed by atoms with Gasteiger partial charge in [-0.2, -0.15) is 11.8 Å². The van der Waals surface area contributed by atoms with Crippen LogP contribution in [0.3, 0.4) is 0 Å². The van der Waals surface area contributed by atoms with Crippen LogP contribution in [0.4, 0.5) is 5.82 Å². The first-order valence-electron chi connectivity index (χ1n) is 5.89. The van der Waals surface area contributed by atoms with E-state index in [1.807, 2.05) is 35.7 Å². The third kappa shape index (κ3) is 3.12. The van der Waals surface area contributed by atoms with Crippen LogP contribution in [0.25, 0.3) is 0 Å². The summed E-state index contributed by atoms with van der Waals surface area (Å²) in [5.74, 6) is 2.87. The Kier molecular flexibility index (Phi) is 4.25. The third-order valence-corrected chi connectivity index (χ3v) is 3.57. The van der Waals surface area contributed by atoms with Gasteiger partial charge in [0.1, 0.15) is 11.5 Å². The van der Waals surface area contributed by atoms with Crippen LogP contribution in [0.2, 0.25) is 0 Å². The van der Waals surface area contributed by atoms with Gasteiger partial charge >= 0.3 is 0 Å². The van der Waals surface area contributed by atoms with Crippen LogP contribution in [-0.4, -0.2) is 46.9 Å². The summed E-state index contributed by atoms with van der Waals surface area (Å²) in [4.78, 5) is 18.4. The van der Waals surface area contributed by atoms with E-state index >= 15 is 0 Å². The van der Waals surface area contributed by atoms with E-state index in [0.717, 1.165) is 37.0 Å². The van der Waals surface area contributed by atoms with E-state index in [4.69, 9.17) is 0 Å². The average molecular weight is 251 g/mol. The molecule has 1 aliphatic heterocycles. The van der Waals surface area contributed by atoms with Gasteiger partial charge in [-0.15, -0.1) is 0 Å². The summed E-state index contributed by atoms with van der Waals surface area (Å²) >= 11 is 1.90. The minimum Gasteiger partial charge on any atom is -0.370 e. The van der Waals surface area contributed by atoms with Gasteiger partial charge in [-0.05, 0) is 19.1 Å². The highest BCUT2D eigenvalue weighted by molar-refractivity contribution is 7.99. The molecule has 5 heteroatoms. The molecule has 2 rings (SSSR count). The van der Waals surface area contributed by atoms with Crippen LogP contribution >= 0.6 is 11.8 Å². The van der Waals surface area contributed by atoms with Gasteiger partial charge in [-0.1, -0.05) is 6.07 Å².